The summed E-state index contributed by atoms with van der Waals surface area (Å²) in [7, 11) is 1.60. The van der Waals surface area contributed by atoms with Gasteiger partial charge in [0.25, 0.3) is 5.91 Å². The van der Waals surface area contributed by atoms with Crippen LogP contribution in [0, 0.1) is 5.92 Å². The number of carbonyl (C=O) groups excluding carboxylic acids is 2. The van der Waals surface area contributed by atoms with Gasteiger partial charge in [0, 0.05) is 32.0 Å². The fraction of sp³-hybridized carbons (Fsp3) is 0.333. The summed E-state index contributed by atoms with van der Waals surface area (Å²) in [5.74, 6) is 1.41. The number of ether oxygens (including phenoxy) is 2. The van der Waals surface area contributed by atoms with E-state index in [-0.39, 0.29) is 24.3 Å². The van der Waals surface area contributed by atoms with Crippen LogP contribution in [-0.2, 0) is 16.1 Å². The van der Waals surface area contributed by atoms with Crippen molar-refractivity contribution in [1.29, 1.82) is 0 Å². The number of nitrogens with zero attached hydrogens (tertiary/aromatic N) is 1. The molecule has 142 valence electrons. The van der Waals surface area contributed by atoms with Gasteiger partial charge in [-0.25, -0.2) is 0 Å². The molecule has 1 unspecified atom stereocenters. The Kier molecular flexibility index (Phi) is 6.30. The van der Waals surface area contributed by atoms with E-state index in [1.807, 2.05) is 35.2 Å². The minimum atomic E-state index is -0.195. The lowest BCUT2D eigenvalue weighted by Crippen LogP contribution is -2.34. The van der Waals surface area contributed by atoms with Crippen LogP contribution in [0.4, 0.5) is 0 Å². The molecule has 6 heteroatoms. The second kappa shape index (κ2) is 9.07. The van der Waals surface area contributed by atoms with Crippen LogP contribution in [-0.4, -0.2) is 43.5 Å². The Bertz CT molecular complexity index is 762. The molecule has 27 heavy (non-hydrogen) atoms. The highest BCUT2D eigenvalue weighted by atomic mass is 16.5. The third-order valence-corrected chi connectivity index (χ3v) is 4.53. The van der Waals surface area contributed by atoms with E-state index in [1.165, 1.54) is 0 Å². The van der Waals surface area contributed by atoms with Gasteiger partial charge < -0.3 is 19.7 Å². The summed E-state index contributed by atoms with van der Waals surface area (Å²) in [6.45, 7) is 1.70. The minimum Gasteiger partial charge on any atom is -0.497 e. The molecule has 0 spiro atoms. The van der Waals surface area contributed by atoms with Crippen LogP contribution in [0.1, 0.15) is 12.0 Å². The van der Waals surface area contributed by atoms with Crippen molar-refractivity contribution in [3.05, 3.63) is 60.2 Å². The molecule has 1 N–H and O–H groups in total. The third-order valence-electron chi connectivity index (χ3n) is 4.53. The van der Waals surface area contributed by atoms with Gasteiger partial charge in [-0.15, -0.1) is 0 Å². The zero-order chi connectivity index (χ0) is 19.1. The van der Waals surface area contributed by atoms with Gasteiger partial charge in [-0.3, -0.25) is 9.59 Å². The van der Waals surface area contributed by atoms with Gasteiger partial charge in [0.15, 0.2) is 6.61 Å². The Morgan fingerprint density at radius 3 is 2.52 bits per heavy atom. The lowest BCUT2D eigenvalue weighted by Gasteiger charge is -2.17. The van der Waals surface area contributed by atoms with Crippen LogP contribution in [0.5, 0.6) is 11.5 Å². The lowest BCUT2D eigenvalue weighted by molar-refractivity contribution is -0.128. The highest BCUT2D eigenvalue weighted by molar-refractivity contribution is 5.79. The van der Waals surface area contributed by atoms with Crippen molar-refractivity contribution >= 4 is 11.8 Å². The SMILES string of the molecule is COc1ccc(OCC(=O)NCC2CC(=O)N(Cc3ccccc3)C2)cc1. The molecule has 6 nitrogen and oxygen atoms in total. The molecule has 1 fully saturated rings. The molecule has 3 rings (SSSR count). The average molecular weight is 368 g/mol. The monoisotopic (exact) mass is 368 g/mol. The molecule has 2 aromatic rings. The van der Waals surface area contributed by atoms with Crippen molar-refractivity contribution in [1.82, 2.24) is 10.2 Å². The number of hydrogen-bond donors (Lipinski definition) is 1. The van der Waals surface area contributed by atoms with Gasteiger partial charge >= 0.3 is 0 Å². The number of benzene rings is 2. The van der Waals surface area contributed by atoms with E-state index in [0.29, 0.717) is 31.8 Å². The van der Waals surface area contributed by atoms with E-state index >= 15 is 0 Å². The topological polar surface area (TPSA) is 67.9 Å². The Labute approximate surface area is 159 Å². The Morgan fingerprint density at radius 2 is 1.81 bits per heavy atom. The Morgan fingerprint density at radius 1 is 1.11 bits per heavy atom. The maximum Gasteiger partial charge on any atom is 0.257 e. The number of nitrogens with one attached hydrogen (secondary N) is 1. The van der Waals surface area contributed by atoms with Gasteiger partial charge in [-0.05, 0) is 29.8 Å². The summed E-state index contributed by atoms with van der Waals surface area (Å²) in [5.41, 5.74) is 1.11. The number of carbonyl (C=O) groups is 2. The van der Waals surface area contributed by atoms with E-state index < -0.39 is 0 Å². The van der Waals surface area contributed by atoms with Gasteiger partial charge in [-0.1, -0.05) is 30.3 Å². The summed E-state index contributed by atoms with van der Waals surface area (Å²) in [6, 6.07) is 17.0. The number of rotatable bonds is 8. The lowest BCUT2D eigenvalue weighted by atomic mass is 10.1. The smallest absolute Gasteiger partial charge is 0.257 e. The van der Waals surface area contributed by atoms with Crippen molar-refractivity contribution in [3.63, 3.8) is 0 Å². The molecule has 1 aliphatic rings. The summed E-state index contributed by atoms with van der Waals surface area (Å²) in [5, 5.41) is 2.85. The van der Waals surface area contributed by atoms with E-state index in [9.17, 15) is 9.59 Å². The molecule has 2 amide bonds. The fourth-order valence-electron chi connectivity index (χ4n) is 3.08. The van der Waals surface area contributed by atoms with E-state index in [0.717, 1.165) is 11.3 Å². The first kappa shape index (κ1) is 18.8. The molecule has 0 radical (unpaired) electrons. The van der Waals surface area contributed by atoms with Gasteiger partial charge in [0.2, 0.25) is 5.91 Å². The molecule has 0 aromatic heterocycles. The van der Waals surface area contributed by atoms with Crippen molar-refractivity contribution in [3.8, 4) is 11.5 Å². The number of likely N-dealkylation sites (tertiary alicyclic amines) is 1. The molecule has 0 saturated carbocycles. The normalized spacial score (nSPS) is 16.3. The Hall–Kier alpha value is -3.02. The minimum absolute atomic E-state index is 0.0548. The van der Waals surface area contributed by atoms with Gasteiger partial charge in [0.1, 0.15) is 11.5 Å². The first-order valence-corrected chi connectivity index (χ1v) is 8.99. The summed E-state index contributed by atoms with van der Waals surface area (Å²) in [4.78, 5) is 26.0. The van der Waals surface area contributed by atoms with E-state index in [2.05, 4.69) is 5.32 Å². The second-order valence-corrected chi connectivity index (χ2v) is 6.60. The van der Waals surface area contributed by atoms with Crippen molar-refractivity contribution < 1.29 is 19.1 Å². The van der Waals surface area contributed by atoms with Crippen molar-refractivity contribution in [2.75, 3.05) is 26.8 Å². The predicted octanol–water partition coefficient (Wildman–Crippen LogP) is 2.24. The zero-order valence-electron chi connectivity index (χ0n) is 15.4. The molecule has 1 heterocycles. The van der Waals surface area contributed by atoms with E-state index in [4.69, 9.17) is 9.47 Å². The van der Waals surface area contributed by atoms with E-state index in [1.54, 1.807) is 31.4 Å². The van der Waals surface area contributed by atoms with Crippen LogP contribution >= 0.6 is 0 Å². The van der Waals surface area contributed by atoms with Crippen LogP contribution in [0.3, 0.4) is 0 Å². The Balaban J connectivity index is 1.39. The molecule has 0 aliphatic carbocycles. The third kappa shape index (κ3) is 5.48. The van der Waals surface area contributed by atoms with Crippen LogP contribution in [0.2, 0.25) is 0 Å². The highest BCUT2D eigenvalue weighted by Gasteiger charge is 2.29. The predicted molar refractivity (Wildman–Crippen MR) is 101 cm³/mol. The standard InChI is InChI=1S/C21H24N2O4/c1-26-18-7-9-19(10-8-18)27-15-20(24)22-12-17-11-21(25)23(14-17)13-16-5-3-2-4-6-16/h2-10,17H,11-15H2,1H3,(H,22,24). The number of hydrogen-bond acceptors (Lipinski definition) is 4. The molecule has 1 atom stereocenters. The van der Waals surface area contributed by atoms with Crippen LogP contribution < -0.4 is 14.8 Å². The average Bonchev–Trinajstić information content (AvgIpc) is 3.05. The zero-order valence-corrected chi connectivity index (χ0v) is 15.4. The summed E-state index contributed by atoms with van der Waals surface area (Å²) in [6.07, 6.45) is 0.465. The first-order valence-electron chi connectivity index (χ1n) is 8.99. The summed E-state index contributed by atoms with van der Waals surface area (Å²) < 4.78 is 10.5. The molecule has 1 aliphatic heterocycles. The van der Waals surface area contributed by atoms with Crippen molar-refractivity contribution in [2.45, 2.75) is 13.0 Å². The van der Waals surface area contributed by atoms with Crippen LogP contribution in [0.25, 0.3) is 0 Å². The maximum atomic E-state index is 12.2. The maximum absolute atomic E-state index is 12.2. The van der Waals surface area contributed by atoms with Crippen LogP contribution in [0.15, 0.2) is 54.6 Å². The number of amides is 2. The van der Waals surface area contributed by atoms with Crippen molar-refractivity contribution in [2.24, 2.45) is 5.92 Å². The first-order chi connectivity index (χ1) is 13.1. The molecular weight excluding hydrogens is 344 g/mol. The quantitative estimate of drug-likeness (QED) is 0.776. The molecule has 0 bridgehead atoms. The number of methoxy groups -OCH3 is 1. The molecule has 1 saturated heterocycles. The fourth-order valence-corrected chi connectivity index (χ4v) is 3.08. The molecular formula is C21H24N2O4. The largest absolute Gasteiger partial charge is 0.497 e. The molecule has 2 aromatic carbocycles. The van der Waals surface area contributed by atoms with Gasteiger partial charge in [-0.2, -0.15) is 0 Å². The second-order valence-electron chi connectivity index (χ2n) is 6.60. The van der Waals surface area contributed by atoms with Gasteiger partial charge in [0.05, 0.1) is 7.11 Å². The highest BCUT2D eigenvalue weighted by Crippen LogP contribution is 2.20. The summed E-state index contributed by atoms with van der Waals surface area (Å²) >= 11 is 0.